The Hall–Kier alpha value is -5.34. The van der Waals surface area contributed by atoms with Crippen LogP contribution in [0.25, 0.3) is 11.1 Å². The van der Waals surface area contributed by atoms with E-state index in [-0.39, 0.29) is 18.2 Å². The van der Waals surface area contributed by atoms with Crippen molar-refractivity contribution in [3.8, 4) is 0 Å². The van der Waals surface area contributed by atoms with Crippen LogP contribution in [0.5, 0.6) is 0 Å². The molecular weight excluding hydrogens is 600 g/mol. The summed E-state index contributed by atoms with van der Waals surface area (Å²) in [5, 5.41) is 21.3. The highest BCUT2D eigenvalue weighted by Gasteiger charge is 2.26. The van der Waals surface area contributed by atoms with Gasteiger partial charge in [0.1, 0.15) is 0 Å². The van der Waals surface area contributed by atoms with Crippen LogP contribution in [0.3, 0.4) is 0 Å². The van der Waals surface area contributed by atoms with Crippen LogP contribution in [0.15, 0.2) is 97.3 Å². The van der Waals surface area contributed by atoms with Gasteiger partial charge in [-0.1, -0.05) is 54.9 Å². The average Bonchev–Trinajstić information content (AvgIpc) is 3.54. The number of anilines is 4. The van der Waals surface area contributed by atoms with Crippen molar-refractivity contribution in [1.29, 1.82) is 0 Å². The normalized spacial score (nSPS) is 14.6. The van der Waals surface area contributed by atoms with Crippen LogP contribution in [-0.4, -0.2) is 22.9 Å². The number of amides is 2. The third-order valence-electron chi connectivity index (χ3n) is 7.74. The molecule has 0 aliphatic carbocycles. The molecule has 0 aromatic heterocycles. The molecule has 2 amide bonds. The smallest absolute Gasteiger partial charge is 0.303 e. The van der Waals surface area contributed by atoms with Crippen molar-refractivity contribution in [3.63, 3.8) is 0 Å². The van der Waals surface area contributed by atoms with Crippen molar-refractivity contribution in [2.75, 3.05) is 21.3 Å². The molecule has 4 aromatic carbocycles. The first-order valence-electron chi connectivity index (χ1n) is 15.1. The Morgan fingerprint density at radius 3 is 2.07 bits per heavy atom. The molecule has 9 heteroatoms. The molecule has 2 aliphatic rings. The van der Waals surface area contributed by atoms with Crippen molar-refractivity contribution in [3.05, 3.63) is 130 Å². The molecule has 6 rings (SSSR count). The van der Waals surface area contributed by atoms with Gasteiger partial charge in [-0.3, -0.25) is 14.4 Å². The molecule has 0 bridgehead atoms. The first kappa shape index (κ1) is 32.1. The molecule has 0 unspecified atom stereocenters. The third-order valence-corrected chi connectivity index (χ3v) is 7.97. The maximum Gasteiger partial charge on any atom is 0.303 e. The maximum atomic E-state index is 12.1. The molecule has 5 N–H and O–H groups in total. The van der Waals surface area contributed by atoms with E-state index in [9.17, 15) is 14.4 Å². The number of fused-ring (bicyclic) bond motifs is 2. The number of aliphatic carboxylic acids is 1. The van der Waals surface area contributed by atoms with E-state index in [2.05, 4.69) is 40.3 Å². The van der Waals surface area contributed by atoms with Gasteiger partial charge in [-0.15, -0.1) is 0 Å². The summed E-state index contributed by atoms with van der Waals surface area (Å²) in [5.41, 5.74) is 9.91. The van der Waals surface area contributed by atoms with E-state index in [1.165, 1.54) is 5.56 Å². The van der Waals surface area contributed by atoms with Crippen LogP contribution >= 0.6 is 11.6 Å². The molecule has 46 heavy (non-hydrogen) atoms. The van der Waals surface area contributed by atoms with Crippen LogP contribution in [0, 0.1) is 6.92 Å². The second kappa shape index (κ2) is 14.6. The van der Waals surface area contributed by atoms with Gasteiger partial charge in [0, 0.05) is 57.7 Å². The minimum Gasteiger partial charge on any atom is -0.481 e. The fraction of sp³-hybridized carbons (Fsp3) is 0.162. The van der Waals surface area contributed by atoms with E-state index in [4.69, 9.17) is 16.7 Å². The molecule has 2 heterocycles. The lowest BCUT2D eigenvalue weighted by Crippen LogP contribution is -2.05. The standard InChI is InChI=1S/C19H17ClN2O3.C18H18N2O/c20-13-6-9-17-15(10-13)16(19(25)22-17)11-21-14-7-4-12(5-8-14)2-1-3-18(23)24;1-3-13-7-9-14(10-8-13)19-11-15-17-12(2)5-4-6-16(17)20-18(15)21/h4-11,21H,1-3H2,(H,22,25)(H,23,24);4-11,19H,3H2,1-2H3,(H,20,21)/b16-11-;15-11+. The number of carboxylic acid groups (broad SMARTS) is 1. The van der Waals surface area contributed by atoms with Crippen LogP contribution in [0.4, 0.5) is 22.7 Å². The predicted octanol–water partition coefficient (Wildman–Crippen LogP) is 8.11. The van der Waals surface area contributed by atoms with Gasteiger partial charge in [0.05, 0.1) is 11.1 Å². The van der Waals surface area contributed by atoms with Gasteiger partial charge >= 0.3 is 5.97 Å². The molecule has 2 aliphatic heterocycles. The molecular formula is C37H35ClN4O4. The zero-order chi connectivity index (χ0) is 32.6. The highest BCUT2D eigenvalue weighted by atomic mass is 35.5. The number of nitrogens with one attached hydrogen (secondary N) is 4. The van der Waals surface area contributed by atoms with Gasteiger partial charge in [0.2, 0.25) is 0 Å². The molecule has 0 saturated heterocycles. The van der Waals surface area contributed by atoms with Crippen LogP contribution in [0.1, 0.15) is 47.6 Å². The molecule has 0 spiro atoms. The predicted molar refractivity (Wildman–Crippen MR) is 186 cm³/mol. The van der Waals surface area contributed by atoms with E-state index in [1.807, 2.05) is 61.5 Å². The summed E-state index contributed by atoms with van der Waals surface area (Å²) >= 11 is 6.01. The average molecular weight is 635 g/mol. The number of carbonyl (C=O) groups excluding carboxylic acids is 2. The summed E-state index contributed by atoms with van der Waals surface area (Å²) in [6.07, 6.45) is 5.98. The number of carbonyl (C=O) groups is 3. The van der Waals surface area contributed by atoms with Gasteiger partial charge in [0.25, 0.3) is 11.8 Å². The third kappa shape index (κ3) is 7.83. The van der Waals surface area contributed by atoms with Crippen molar-refractivity contribution in [2.24, 2.45) is 0 Å². The van der Waals surface area contributed by atoms with Crippen LogP contribution < -0.4 is 21.3 Å². The van der Waals surface area contributed by atoms with E-state index in [1.54, 1.807) is 30.6 Å². The SMILES string of the molecule is CCc1ccc(N/C=C2/C(=O)Nc3cccc(C)c32)cc1.O=C(O)CCCc1ccc(N/C=C2\C(=O)Nc3ccc(Cl)cc32)cc1. The first-order valence-corrected chi connectivity index (χ1v) is 15.5. The highest BCUT2D eigenvalue weighted by molar-refractivity contribution is 6.35. The fourth-order valence-corrected chi connectivity index (χ4v) is 5.41. The second-order valence-corrected chi connectivity index (χ2v) is 11.4. The molecule has 234 valence electrons. The number of benzene rings is 4. The summed E-state index contributed by atoms with van der Waals surface area (Å²) in [4.78, 5) is 34.7. The Morgan fingerprint density at radius 1 is 0.804 bits per heavy atom. The lowest BCUT2D eigenvalue weighted by atomic mass is 10.0. The highest BCUT2D eigenvalue weighted by Crippen LogP contribution is 2.35. The van der Waals surface area contributed by atoms with E-state index >= 15 is 0 Å². The van der Waals surface area contributed by atoms with Gasteiger partial charge < -0.3 is 26.4 Å². The van der Waals surface area contributed by atoms with E-state index in [0.717, 1.165) is 57.8 Å². The Bertz CT molecular complexity index is 1830. The number of aryl methyl sites for hydroxylation is 3. The van der Waals surface area contributed by atoms with Gasteiger partial charge in [-0.25, -0.2) is 0 Å². The number of rotatable bonds is 9. The lowest BCUT2D eigenvalue weighted by molar-refractivity contribution is -0.137. The Labute approximate surface area is 273 Å². The number of hydrogen-bond acceptors (Lipinski definition) is 5. The van der Waals surface area contributed by atoms with Crippen LogP contribution in [0.2, 0.25) is 5.02 Å². The van der Waals surface area contributed by atoms with Crippen molar-refractivity contribution >= 4 is 63.3 Å². The maximum absolute atomic E-state index is 12.1. The lowest BCUT2D eigenvalue weighted by Gasteiger charge is -2.05. The fourth-order valence-electron chi connectivity index (χ4n) is 5.23. The van der Waals surface area contributed by atoms with Crippen molar-refractivity contribution < 1.29 is 19.5 Å². The monoisotopic (exact) mass is 634 g/mol. The Balaban J connectivity index is 0.000000184. The molecule has 0 saturated carbocycles. The van der Waals surface area contributed by atoms with Gasteiger partial charge in [-0.2, -0.15) is 0 Å². The zero-order valence-electron chi connectivity index (χ0n) is 25.6. The molecule has 4 aromatic rings. The molecule has 0 fully saturated rings. The summed E-state index contributed by atoms with van der Waals surface area (Å²) in [5.74, 6) is -1.01. The Morgan fingerprint density at radius 2 is 1.41 bits per heavy atom. The second-order valence-electron chi connectivity index (χ2n) is 11.0. The summed E-state index contributed by atoms with van der Waals surface area (Å²) < 4.78 is 0. The topological polar surface area (TPSA) is 120 Å². The molecule has 0 radical (unpaired) electrons. The van der Waals surface area contributed by atoms with Gasteiger partial charge in [-0.05, 0) is 91.4 Å². The van der Waals surface area contributed by atoms with Gasteiger partial charge in [0.15, 0.2) is 0 Å². The minimum atomic E-state index is -0.778. The number of hydrogen-bond donors (Lipinski definition) is 5. The largest absolute Gasteiger partial charge is 0.481 e. The minimum absolute atomic E-state index is 0.0584. The molecule has 0 atom stereocenters. The van der Waals surface area contributed by atoms with Crippen LogP contribution in [-0.2, 0) is 27.2 Å². The zero-order valence-corrected chi connectivity index (χ0v) is 26.4. The summed E-state index contributed by atoms with van der Waals surface area (Å²) in [6.45, 7) is 4.15. The van der Waals surface area contributed by atoms with E-state index in [0.29, 0.717) is 22.6 Å². The molecule has 8 nitrogen and oxygen atoms in total. The van der Waals surface area contributed by atoms with E-state index < -0.39 is 5.97 Å². The first-order chi connectivity index (χ1) is 22.2. The summed E-state index contributed by atoms with van der Waals surface area (Å²) in [7, 11) is 0. The van der Waals surface area contributed by atoms with Crippen molar-refractivity contribution in [2.45, 2.75) is 39.5 Å². The number of halogens is 1. The quantitative estimate of drug-likeness (QED) is 0.119. The number of carboxylic acids is 1. The Kier molecular flexibility index (Phi) is 10.2. The van der Waals surface area contributed by atoms with Crippen molar-refractivity contribution in [1.82, 2.24) is 0 Å². The summed E-state index contributed by atoms with van der Waals surface area (Å²) in [6, 6.07) is 27.1.